The van der Waals surface area contributed by atoms with Crippen molar-refractivity contribution < 1.29 is 38.4 Å². The molecule has 9 heteroatoms. The molecule has 0 unspecified atom stereocenters. The molecule has 174 valence electrons. The summed E-state index contributed by atoms with van der Waals surface area (Å²) in [5.74, 6) is -1.05. The van der Waals surface area contributed by atoms with E-state index in [2.05, 4.69) is 19.6 Å². The molecular weight excluding hydrogens is 420 g/mol. The zero-order valence-corrected chi connectivity index (χ0v) is 19.9. The Kier molecular flexibility index (Phi) is 9.64. The number of carbonyl (C=O) groups is 2. The lowest BCUT2D eigenvalue weighted by atomic mass is 9.98. The highest BCUT2D eigenvalue weighted by Crippen LogP contribution is 2.28. The van der Waals surface area contributed by atoms with Crippen molar-refractivity contribution in [3.05, 3.63) is 35.9 Å². The van der Waals surface area contributed by atoms with E-state index >= 15 is 0 Å². The van der Waals surface area contributed by atoms with Gasteiger partial charge in [0.15, 0.2) is 12.4 Å². The molecule has 1 aromatic carbocycles. The second kappa shape index (κ2) is 11.7. The molecule has 1 saturated heterocycles. The highest BCUT2D eigenvalue weighted by molar-refractivity contribution is 6.76. The minimum Gasteiger partial charge on any atom is -0.463 e. The van der Waals surface area contributed by atoms with Crippen molar-refractivity contribution in [1.29, 1.82) is 0 Å². The van der Waals surface area contributed by atoms with Crippen LogP contribution in [-0.4, -0.2) is 69.0 Å². The molecule has 0 bridgehead atoms. The van der Waals surface area contributed by atoms with E-state index in [1.54, 1.807) is 0 Å². The van der Waals surface area contributed by atoms with Crippen LogP contribution in [0.2, 0.25) is 25.7 Å². The maximum atomic E-state index is 11.7. The van der Waals surface area contributed by atoms with Gasteiger partial charge in [-0.2, -0.15) is 0 Å². The predicted octanol–water partition coefficient (Wildman–Crippen LogP) is 2.51. The van der Waals surface area contributed by atoms with Gasteiger partial charge in [0.05, 0.1) is 6.61 Å². The van der Waals surface area contributed by atoms with E-state index in [0.717, 1.165) is 11.6 Å². The van der Waals surface area contributed by atoms with Gasteiger partial charge in [-0.05, 0) is 11.6 Å². The number of benzene rings is 1. The summed E-state index contributed by atoms with van der Waals surface area (Å²) < 4.78 is 28.2. The van der Waals surface area contributed by atoms with Gasteiger partial charge in [-0.25, -0.2) is 0 Å². The van der Waals surface area contributed by atoms with E-state index < -0.39 is 50.7 Å². The average Bonchev–Trinajstić information content (AvgIpc) is 2.67. The summed E-state index contributed by atoms with van der Waals surface area (Å²) in [6, 6.07) is 10.3. The van der Waals surface area contributed by atoms with Gasteiger partial charge in [-0.3, -0.25) is 9.59 Å². The van der Waals surface area contributed by atoms with Crippen molar-refractivity contribution in [1.82, 2.24) is 0 Å². The van der Waals surface area contributed by atoms with Crippen LogP contribution in [-0.2, 0) is 39.9 Å². The average molecular weight is 455 g/mol. The maximum absolute atomic E-state index is 11.7. The van der Waals surface area contributed by atoms with Gasteiger partial charge in [-0.1, -0.05) is 50.0 Å². The van der Waals surface area contributed by atoms with Crippen molar-refractivity contribution in [2.75, 3.05) is 13.2 Å². The lowest BCUT2D eigenvalue weighted by Gasteiger charge is -2.43. The molecule has 31 heavy (non-hydrogen) atoms. The normalized spacial score (nSPS) is 26.3. The smallest absolute Gasteiger partial charge is 0.303 e. The van der Waals surface area contributed by atoms with Crippen LogP contribution in [0.4, 0.5) is 0 Å². The molecule has 1 heterocycles. The van der Waals surface area contributed by atoms with Crippen LogP contribution < -0.4 is 0 Å². The van der Waals surface area contributed by atoms with Gasteiger partial charge >= 0.3 is 11.9 Å². The first-order valence-electron chi connectivity index (χ1n) is 10.5. The SMILES string of the molecule is CC(=O)OC[C@H]1O[C@@H](OCC[Si](C)(C)C)[C@H](O)[C@@H](OCc2ccccc2)[C@@H]1OC(C)=O. The van der Waals surface area contributed by atoms with Crippen LogP contribution in [0.15, 0.2) is 30.3 Å². The van der Waals surface area contributed by atoms with E-state index in [1.165, 1.54) is 13.8 Å². The number of hydrogen-bond acceptors (Lipinski definition) is 8. The number of esters is 2. The molecule has 0 saturated carbocycles. The number of aliphatic hydroxyl groups is 1. The van der Waals surface area contributed by atoms with Crippen molar-refractivity contribution in [2.24, 2.45) is 0 Å². The molecule has 0 aromatic heterocycles. The Bertz CT molecular complexity index is 705. The van der Waals surface area contributed by atoms with E-state index in [1.807, 2.05) is 30.3 Å². The molecule has 1 aliphatic rings. The van der Waals surface area contributed by atoms with Crippen molar-refractivity contribution in [3.8, 4) is 0 Å². The van der Waals surface area contributed by atoms with Crippen LogP contribution in [0.25, 0.3) is 0 Å². The molecule has 1 aromatic rings. The fraction of sp³-hybridized carbons (Fsp3) is 0.636. The van der Waals surface area contributed by atoms with E-state index in [9.17, 15) is 14.7 Å². The molecule has 5 atom stereocenters. The highest BCUT2D eigenvalue weighted by Gasteiger charge is 2.49. The van der Waals surface area contributed by atoms with Crippen LogP contribution in [0.5, 0.6) is 0 Å². The first-order chi connectivity index (χ1) is 14.6. The summed E-state index contributed by atoms with van der Waals surface area (Å²) in [6.45, 7) is 9.67. The monoisotopic (exact) mass is 454 g/mol. The van der Waals surface area contributed by atoms with Crippen molar-refractivity contribution >= 4 is 20.0 Å². The topological polar surface area (TPSA) is 101 Å². The molecule has 1 aliphatic heterocycles. The van der Waals surface area contributed by atoms with Gasteiger partial charge in [0, 0.05) is 28.5 Å². The summed E-state index contributed by atoms with van der Waals surface area (Å²) in [4.78, 5) is 23.1. The Morgan fingerprint density at radius 2 is 1.71 bits per heavy atom. The second-order valence-electron chi connectivity index (χ2n) is 8.85. The number of rotatable bonds is 10. The van der Waals surface area contributed by atoms with Gasteiger partial charge in [0.1, 0.15) is 24.9 Å². The van der Waals surface area contributed by atoms with Crippen LogP contribution >= 0.6 is 0 Å². The molecular formula is C22H34O8Si. The molecule has 8 nitrogen and oxygen atoms in total. The first kappa shape index (κ1) is 25.5. The third-order valence-corrected chi connectivity index (χ3v) is 6.49. The zero-order valence-electron chi connectivity index (χ0n) is 18.9. The van der Waals surface area contributed by atoms with Crippen LogP contribution in [0.1, 0.15) is 19.4 Å². The van der Waals surface area contributed by atoms with E-state index in [-0.39, 0.29) is 13.2 Å². The summed E-state index contributed by atoms with van der Waals surface area (Å²) in [7, 11) is -1.35. The number of hydrogen-bond donors (Lipinski definition) is 1. The highest BCUT2D eigenvalue weighted by atomic mass is 28.3. The molecule has 0 radical (unpaired) electrons. The van der Waals surface area contributed by atoms with E-state index in [0.29, 0.717) is 6.61 Å². The maximum Gasteiger partial charge on any atom is 0.303 e. The van der Waals surface area contributed by atoms with Gasteiger partial charge in [-0.15, -0.1) is 0 Å². The minimum atomic E-state index is -1.35. The Labute approximate surface area is 184 Å². The quantitative estimate of drug-likeness (QED) is 0.425. The largest absolute Gasteiger partial charge is 0.463 e. The molecule has 0 spiro atoms. The Morgan fingerprint density at radius 3 is 2.29 bits per heavy atom. The predicted molar refractivity (Wildman–Crippen MR) is 116 cm³/mol. The molecule has 1 N–H and O–H groups in total. The van der Waals surface area contributed by atoms with Gasteiger partial charge < -0.3 is 28.8 Å². The second-order valence-corrected chi connectivity index (χ2v) is 14.5. The zero-order chi connectivity index (χ0) is 23.0. The molecule has 2 rings (SSSR count). The summed E-state index contributed by atoms with van der Waals surface area (Å²) in [5.41, 5.74) is 0.899. The Morgan fingerprint density at radius 1 is 1.03 bits per heavy atom. The van der Waals surface area contributed by atoms with Crippen molar-refractivity contribution in [2.45, 2.75) is 76.8 Å². The Balaban J connectivity index is 2.19. The van der Waals surface area contributed by atoms with Crippen LogP contribution in [0.3, 0.4) is 0 Å². The molecule has 0 aliphatic carbocycles. The molecule has 1 fully saturated rings. The molecule has 0 amide bonds. The van der Waals surface area contributed by atoms with Crippen molar-refractivity contribution in [3.63, 3.8) is 0 Å². The van der Waals surface area contributed by atoms with Gasteiger partial charge in [0.2, 0.25) is 0 Å². The lowest BCUT2D eigenvalue weighted by Crippen LogP contribution is -2.61. The third kappa shape index (κ3) is 8.70. The summed E-state index contributed by atoms with van der Waals surface area (Å²) >= 11 is 0. The lowest BCUT2D eigenvalue weighted by molar-refractivity contribution is -0.310. The number of ether oxygens (including phenoxy) is 5. The third-order valence-electron chi connectivity index (χ3n) is 4.79. The van der Waals surface area contributed by atoms with Crippen LogP contribution in [0, 0.1) is 0 Å². The number of carbonyl (C=O) groups excluding carboxylic acids is 2. The fourth-order valence-electron chi connectivity index (χ4n) is 3.14. The summed E-state index contributed by atoms with van der Waals surface area (Å²) in [6.07, 6.45) is -4.91. The fourth-order valence-corrected chi connectivity index (χ4v) is 3.87. The standard InChI is InChI=1S/C22H34O8Si/c1-15(23)27-14-18-20(29-16(2)24)21(28-13-17-9-7-6-8-10-17)19(25)22(30-18)26-11-12-31(3,4)5/h6-10,18-22,25H,11-14H2,1-5H3/t18-,19-,20-,21-,22-/m1/s1. The van der Waals surface area contributed by atoms with Gasteiger partial charge in [0.25, 0.3) is 0 Å². The Hall–Kier alpha value is -1.78. The number of aliphatic hydroxyl groups excluding tert-OH is 1. The summed E-state index contributed by atoms with van der Waals surface area (Å²) in [5, 5.41) is 11.0. The minimum absolute atomic E-state index is 0.154. The first-order valence-corrected chi connectivity index (χ1v) is 14.2. The van der Waals surface area contributed by atoms with E-state index in [4.69, 9.17) is 23.7 Å².